The smallest absolute Gasteiger partial charge is 0.0224 e. The molecule has 19 heavy (non-hydrogen) atoms. The largest absolute Gasteiger partial charge is 0.316 e. The van der Waals surface area contributed by atoms with Gasteiger partial charge in [0.05, 0.1) is 0 Å². The van der Waals surface area contributed by atoms with E-state index in [0.29, 0.717) is 6.04 Å². The van der Waals surface area contributed by atoms with E-state index in [0.717, 1.165) is 5.25 Å². The lowest BCUT2D eigenvalue weighted by Gasteiger charge is -2.30. The van der Waals surface area contributed by atoms with E-state index in [2.05, 4.69) is 57.0 Å². The van der Waals surface area contributed by atoms with Crippen molar-refractivity contribution in [3.05, 3.63) is 34.4 Å². The van der Waals surface area contributed by atoms with Crippen LogP contribution in [0.15, 0.2) is 12.1 Å². The summed E-state index contributed by atoms with van der Waals surface area (Å²) in [5, 5.41) is 4.36. The zero-order chi connectivity index (χ0) is 13.8. The molecule has 1 nitrogen and oxygen atoms in total. The van der Waals surface area contributed by atoms with Crippen LogP contribution in [-0.4, -0.2) is 24.1 Å². The first kappa shape index (κ1) is 14.9. The number of nitrogens with one attached hydrogen (secondary N) is 1. The van der Waals surface area contributed by atoms with Crippen molar-refractivity contribution in [2.75, 3.05) is 12.8 Å². The standard InChI is InChI=1S/C17H27NS/c1-12-9-13(2)15(14(3)10-12)11-16(18-4)17-7-5-6-8-19-17/h9-10,16-18H,5-8,11H2,1-4H3. The van der Waals surface area contributed by atoms with Crippen LogP contribution < -0.4 is 5.32 Å². The predicted octanol–water partition coefficient (Wildman–Crippen LogP) is 4.03. The molecule has 0 saturated carbocycles. The molecule has 1 aromatic carbocycles. The Morgan fingerprint density at radius 1 is 1.21 bits per heavy atom. The fourth-order valence-electron chi connectivity index (χ4n) is 3.25. The average molecular weight is 277 g/mol. The third-order valence-electron chi connectivity index (χ3n) is 4.30. The van der Waals surface area contributed by atoms with Gasteiger partial charge in [0.15, 0.2) is 0 Å². The van der Waals surface area contributed by atoms with E-state index in [1.807, 2.05) is 0 Å². The molecule has 0 radical (unpaired) electrons. The Morgan fingerprint density at radius 2 is 1.89 bits per heavy atom. The number of rotatable bonds is 4. The predicted molar refractivity (Wildman–Crippen MR) is 87.3 cm³/mol. The molecule has 1 fully saturated rings. The molecular formula is C17H27NS. The summed E-state index contributed by atoms with van der Waals surface area (Å²) in [6.07, 6.45) is 5.36. The zero-order valence-corrected chi connectivity index (χ0v) is 13.6. The Bertz CT molecular complexity index is 398. The number of thioether (sulfide) groups is 1. The molecule has 1 heterocycles. The second kappa shape index (κ2) is 6.81. The summed E-state index contributed by atoms with van der Waals surface area (Å²) in [6.45, 7) is 6.71. The highest BCUT2D eigenvalue weighted by Gasteiger charge is 2.24. The maximum Gasteiger partial charge on any atom is 0.0224 e. The van der Waals surface area contributed by atoms with Crippen molar-refractivity contribution < 1.29 is 0 Å². The molecule has 1 saturated heterocycles. The second-order valence-electron chi connectivity index (χ2n) is 5.88. The van der Waals surface area contributed by atoms with E-state index in [-0.39, 0.29) is 0 Å². The van der Waals surface area contributed by atoms with Crippen molar-refractivity contribution in [3.8, 4) is 0 Å². The molecule has 2 rings (SSSR count). The molecular weight excluding hydrogens is 250 g/mol. The van der Waals surface area contributed by atoms with Gasteiger partial charge < -0.3 is 5.32 Å². The van der Waals surface area contributed by atoms with Crippen molar-refractivity contribution >= 4 is 11.8 Å². The highest BCUT2D eigenvalue weighted by Crippen LogP contribution is 2.30. The normalized spacial score (nSPS) is 21.4. The maximum absolute atomic E-state index is 3.57. The first-order valence-corrected chi connectivity index (χ1v) is 8.52. The van der Waals surface area contributed by atoms with Gasteiger partial charge >= 0.3 is 0 Å². The van der Waals surface area contributed by atoms with Gasteiger partial charge in [-0.15, -0.1) is 0 Å². The summed E-state index contributed by atoms with van der Waals surface area (Å²) in [5.74, 6) is 1.34. The first-order valence-electron chi connectivity index (χ1n) is 7.47. The van der Waals surface area contributed by atoms with Crippen LogP contribution in [0.4, 0.5) is 0 Å². The van der Waals surface area contributed by atoms with Crippen LogP contribution in [0.2, 0.25) is 0 Å². The Kier molecular flexibility index (Phi) is 5.35. The highest BCUT2D eigenvalue weighted by molar-refractivity contribution is 8.00. The highest BCUT2D eigenvalue weighted by atomic mass is 32.2. The summed E-state index contributed by atoms with van der Waals surface area (Å²) in [6, 6.07) is 5.26. The van der Waals surface area contributed by atoms with Gasteiger partial charge in [0, 0.05) is 11.3 Å². The Balaban J connectivity index is 2.13. The van der Waals surface area contributed by atoms with Crippen molar-refractivity contribution in [3.63, 3.8) is 0 Å². The zero-order valence-electron chi connectivity index (χ0n) is 12.8. The summed E-state index contributed by atoms with van der Waals surface area (Å²) in [7, 11) is 2.12. The number of benzene rings is 1. The molecule has 1 N–H and O–H groups in total. The van der Waals surface area contributed by atoms with Crippen LogP contribution in [0, 0.1) is 20.8 Å². The fraction of sp³-hybridized carbons (Fsp3) is 0.647. The minimum atomic E-state index is 0.616. The Morgan fingerprint density at radius 3 is 2.42 bits per heavy atom. The summed E-state index contributed by atoms with van der Waals surface area (Å²) >= 11 is 2.17. The van der Waals surface area contributed by atoms with Crippen LogP contribution in [0.1, 0.15) is 41.5 Å². The summed E-state index contributed by atoms with van der Waals surface area (Å²) in [5.41, 5.74) is 5.85. The van der Waals surface area contributed by atoms with Gasteiger partial charge in [-0.2, -0.15) is 11.8 Å². The molecule has 1 aliphatic rings. The molecule has 2 atom stereocenters. The molecule has 0 spiro atoms. The fourth-order valence-corrected chi connectivity index (χ4v) is 4.73. The molecule has 0 aromatic heterocycles. The van der Waals surface area contributed by atoms with Crippen LogP contribution in [0.25, 0.3) is 0 Å². The van der Waals surface area contributed by atoms with Gasteiger partial charge in [-0.1, -0.05) is 24.1 Å². The van der Waals surface area contributed by atoms with E-state index >= 15 is 0 Å². The minimum Gasteiger partial charge on any atom is -0.316 e. The molecule has 2 unspecified atom stereocenters. The third-order valence-corrected chi connectivity index (χ3v) is 5.82. The molecule has 0 aliphatic carbocycles. The average Bonchev–Trinajstić information content (AvgIpc) is 2.39. The van der Waals surface area contributed by atoms with Gasteiger partial charge in [-0.3, -0.25) is 0 Å². The van der Waals surface area contributed by atoms with E-state index < -0.39 is 0 Å². The van der Waals surface area contributed by atoms with Crippen molar-refractivity contribution in [2.24, 2.45) is 0 Å². The second-order valence-corrected chi connectivity index (χ2v) is 7.23. The number of likely N-dealkylation sites (N-methyl/N-ethyl adjacent to an activating group) is 1. The summed E-state index contributed by atoms with van der Waals surface area (Å²) in [4.78, 5) is 0. The number of aryl methyl sites for hydroxylation is 3. The first-order chi connectivity index (χ1) is 9.11. The molecule has 106 valence electrons. The van der Waals surface area contributed by atoms with E-state index in [4.69, 9.17) is 0 Å². The molecule has 0 bridgehead atoms. The Hall–Kier alpha value is -0.470. The quantitative estimate of drug-likeness (QED) is 0.892. The van der Waals surface area contributed by atoms with E-state index in [9.17, 15) is 0 Å². The SMILES string of the molecule is CNC(Cc1c(C)cc(C)cc1C)C1CCCCS1. The maximum atomic E-state index is 3.57. The van der Waals surface area contributed by atoms with E-state index in [1.54, 1.807) is 5.56 Å². The summed E-state index contributed by atoms with van der Waals surface area (Å²) < 4.78 is 0. The third kappa shape index (κ3) is 3.76. The molecule has 1 aliphatic heterocycles. The van der Waals surface area contributed by atoms with Crippen molar-refractivity contribution in [1.82, 2.24) is 5.32 Å². The van der Waals surface area contributed by atoms with Crippen molar-refractivity contribution in [2.45, 2.75) is 57.7 Å². The van der Waals surface area contributed by atoms with Gasteiger partial charge in [-0.25, -0.2) is 0 Å². The van der Waals surface area contributed by atoms with Crippen LogP contribution >= 0.6 is 11.8 Å². The monoisotopic (exact) mass is 277 g/mol. The van der Waals surface area contributed by atoms with Crippen LogP contribution in [0.5, 0.6) is 0 Å². The lowest BCUT2D eigenvalue weighted by molar-refractivity contribution is 0.493. The molecule has 1 aromatic rings. The topological polar surface area (TPSA) is 12.0 Å². The minimum absolute atomic E-state index is 0.616. The van der Waals surface area contributed by atoms with Crippen molar-refractivity contribution in [1.29, 1.82) is 0 Å². The van der Waals surface area contributed by atoms with Gasteiger partial charge in [-0.05, 0) is 69.5 Å². The van der Waals surface area contributed by atoms with Crippen LogP contribution in [0.3, 0.4) is 0 Å². The van der Waals surface area contributed by atoms with Gasteiger partial charge in [0.2, 0.25) is 0 Å². The van der Waals surface area contributed by atoms with Gasteiger partial charge in [0.1, 0.15) is 0 Å². The molecule has 2 heteroatoms. The van der Waals surface area contributed by atoms with Crippen LogP contribution in [-0.2, 0) is 6.42 Å². The van der Waals surface area contributed by atoms with E-state index in [1.165, 1.54) is 48.1 Å². The Labute approximate surface area is 122 Å². The molecule has 0 amide bonds. The number of hydrogen-bond acceptors (Lipinski definition) is 2. The lowest BCUT2D eigenvalue weighted by atomic mass is 9.92. The number of hydrogen-bond donors (Lipinski definition) is 1. The lowest BCUT2D eigenvalue weighted by Crippen LogP contribution is -2.39. The van der Waals surface area contributed by atoms with Gasteiger partial charge in [0.25, 0.3) is 0 Å².